The highest BCUT2D eigenvalue weighted by atomic mass is 14.2. The molecule has 0 N–H and O–H groups in total. The highest BCUT2D eigenvalue weighted by molar-refractivity contribution is 6.33. The van der Waals surface area contributed by atoms with Gasteiger partial charge in [-0.2, -0.15) is 0 Å². The summed E-state index contributed by atoms with van der Waals surface area (Å²) in [4.78, 5) is 0. The van der Waals surface area contributed by atoms with Gasteiger partial charge in [0.15, 0.2) is 0 Å². The molecule has 0 heterocycles. The van der Waals surface area contributed by atoms with Crippen LogP contribution < -0.4 is 5.46 Å². The largest absolute Gasteiger partial charge is 0.114 e. The highest BCUT2D eigenvalue weighted by Crippen LogP contribution is 2.27. The lowest BCUT2D eigenvalue weighted by molar-refractivity contribution is 0.729. The average molecular weight is 214 g/mol. The van der Waals surface area contributed by atoms with Crippen molar-refractivity contribution in [1.29, 1.82) is 0 Å². The lowest BCUT2D eigenvalue weighted by atomic mass is 9.76. The van der Waals surface area contributed by atoms with E-state index in [9.17, 15) is 0 Å². The molecule has 0 amide bonds. The Morgan fingerprint density at radius 3 is 2.12 bits per heavy atom. The van der Waals surface area contributed by atoms with Crippen molar-refractivity contribution in [3.05, 3.63) is 28.3 Å². The first-order valence-electron chi connectivity index (χ1n) is 6.29. The second-order valence-electron chi connectivity index (χ2n) is 5.18. The molecule has 86 valence electrons. The summed E-state index contributed by atoms with van der Waals surface area (Å²) in [5, 5.41) is 0. The summed E-state index contributed by atoms with van der Waals surface area (Å²) >= 11 is 0. The van der Waals surface area contributed by atoms with Gasteiger partial charge in [0, 0.05) is 0 Å². The van der Waals surface area contributed by atoms with E-state index in [1.807, 2.05) is 0 Å². The zero-order valence-electron chi connectivity index (χ0n) is 11.5. The Bertz CT molecular complexity index is 378. The standard InChI is InChI=1S/C15H23B/c1-7-10(4)15-12(6)11(5)13(9(2)3)8-14(15)16/h8-10H,7H2,1-6H3. The van der Waals surface area contributed by atoms with Gasteiger partial charge >= 0.3 is 0 Å². The Hall–Kier alpha value is -0.715. The van der Waals surface area contributed by atoms with Crippen LogP contribution in [0.3, 0.4) is 0 Å². The third-order valence-corrected chi connectivity index (χ3v) is 3.75. The molecule has 1 rings (SSSR count). The lowest BCUT2D eigenvalue weighted by Crippen LogP contribution is -2.18. The van der Waals surface area contributed by atoms with Crippen molar-refractivity contribution in [1.82, 2.24) is 0 Å². The molecule has 0 fully saturated rings. The Labute approximate surface area is 102 Å². The molecule has 0 bridgehead atoms. The maximum Gasteiger partial charge on any atom is 0.114 e. The van der Waals surface area contributed by atoms with Gasteiger partial charge < -0.3 is 0 Å². The van der Waals surface area contributed by atoms with Gasteiger partial charge in [0.05, 0.1) is 0 Å². The monoisotopic (exact) mass is 214 g/mol. The molecule has 1 heteroatoms. The van der Waals surface area contributed by atoms with Gasteiger partial charge in [-0.05, 0) is 54.4 Å². The van der Waals surface area contributed by atoms with Crippen LogP contribution >= 0.6 is 0 Å². The number of benzene rings is 1. The summed E-state index contributed by atoms with van der Waals surface area (Å²) in [5.74, 6) is 1.10. The van der Waals surface area contributed by atoms with Gasteiger partial charge in [-0.3, -0.25) is 0 Å². The number of hydrogen-bond acceptors (Lipinski definition) is 0. The first kappa shape index (κ1) is 13.4. The summed E-state index contributed by atoms with van der Waals surface area (Å²) in [7, 11) is 6.21. The third-order valence-electron chi connectivity index (χ3n) is 3.75. The smallest absolute Gasteiger partial charge is 0.0927 e. The second-order valence-corrected chi connectivity index (χ2v) is 5.18. The molecule has 0 aliphatic heterocycles. The van der Waals surface area contributed by atoms with Gasteiger partial charge in [-0.25, -0.2) is 0 Å². The summed E-state index contributed by atoms with van der Waals surface area (Å²) < 4.78 is 0. The minimum Gasteiger partial charge on any atom is -0.0927 e. The van der Waals surface area contributed by atoms with Gasteiger partial charge in [-0.1, -0.05) is 39.2 Å². The molecule has 0 aliphatic rings. The Kier molecular flexibility index (Phi) is 4.24. The molecule has 0 saturated heterocycles. The molecule has 2 radical (unpaired) electrons. The van der Waals surface area contributed by atoms with Crippen molar-refractivity contribution in [2.75, 3.05) is 0 Å². The molecule has 1 atom stereocenters. The first-order valence-corrected chi connectivity index (χ1v) is 6.29. The predicted octanol–water partition coefficient (Wildman–Crippen LogP) is 3.73. The zero-order chi connectivity index (χ0) is 12.5. The summed E-state index contributed by atoms with van der Waals surface area (Å²) in [6, 6.07) is 2.18. The first-order chi connectivity index (χ1) is 7.40. The molecule has 0 saturated carbocycles. The molecular weight excluding hydrogens is 191 g/mol. The predicted molar refractivity (Wildman–Crippen MR) is 74.1 cm³/mol. The fourth-order valence-electron chi connectivity index (χ4n) is 2.45. The SMILES string of the molecule is [B]c1cc(C(C)C)c(C)c(C)c1C(C)CC. The van der Waals surface area contributed by atoms with Crippen LogP contribution in [0.25, 0.3) is 0 Å². The molecule has 0 spiro atoms. The molecule has 16 heavy (non-hydrogen) atoms. The van der Waals surface area contributed by atoms with E-state index in [0.29, 0.717) is 11.8 Å². The Morgan fingerprint density at radius 1 is 1.12 bits per heavy atom. The van der Waals surface area contributed by atoms with Gasteiger partial charge in [-0.15, -0.1) is 0 Å². The molecular formula is C15H23B. The van der Waals surface area contributed by atoms with Crippen LogP contribution in [0.4, 0.5) is 0 Å². The van der Waals surface area contributed by atoms with Crippen molar-refractivity contribution >= 4 is 13.3 Å². The fraction of sp³-hybridized carbons (Fsp3) is 0.600. The number of rotatable bonds is 3. The summed E-state index contributed by atoms with van der Waals surface area (Å²) in [6.45, 7) is 13.4. The van der Waals surface area contributed by atoms with Crippen molar-refractivity contribution < 1.29 is 0 Å². The molecule has 1 unspecified atom stereocenters. The van der Waals surface area contributed by atoms with E-state index in [4.69, 9.17) is 7.85 Å². The quantitative estimate of drug-likeness (QED) is 0.672. The summed E-state index contributed by atoms with van der Waals surface area (Å²) in [5.41, 5.74) is 6.52. The molecule has 0 aromatic heterocycles. The van der Waals surface area contributed by atoms with E-state index < -0.39 is 0 Å². The van der Waals surface area contributed by atoms with E-state index in [1.165, 1.54) is 22.3 Å². The van der Waals surface area contributed by atoms with Crippen molar-refractivity contribution in [3.63, 3.8) is 0 Å². The maximum atomic E-state index is 6.21. The van der Waals surface area contributed by atoms with Crippen molar-refractivity contribution in [2.24, 2.45) is 0 Å². The van der Waals surface area contributed by atoms with Gasteiger partial charge in [0.25, 0.3) is 0 Å². The average Bonchev–Trinajstić information content (AvgIpc) is 2.22. The maximum absolute atomic E-state index is 6.21. The summed E-state index contributed by atoms with van der Waals surface area (Å²) in [6.07, 6.45) is 1.14. The van der Waals surface area contributed by atoms with E-state index in [1.54, 1.807) is 0 Å². The Morgan fingerprint density at radius 2 is 1.69 bits per heavy atom. The highest BCUT2D eigenvalue weighted by Gasteiger charge is 2.15. The minimum absolute atomic E-state index is 0.548. The van der Waals surface area contributed by atoms with Crippen LogP contribution in [0.5, 0.6) is 0 Å². The third kappa shape index (κ3) is 2.34. The molecule has 0 nitrogen and oxygen atoms in total. The normalized spacial score (nSPS) is 13.2. The van der Waals surface area contributed by atoms with E-state index >= 15 is 0 Å². The van der Waals surface area contributed by atoms with E-state index in [2.05, 4.69) is 47.6 Å². The zero-order valence-corrected chi connectivity index (χ0v) is 11.5. The lowest BCUT2D eigenvalue weighted by Gasteiger charge is -2.22. The molecule has 0 aliphatic carbocycles. The Balaban J connectivity index is 3.40. The van der Waals surface area contributed by atoms with Crippen LogP contribution in [0.1, 0.15) is 68.2 Å². The second kappa shape index (κ2) is 5.08. The van der Waals surface area contributed by atoms with Crippen molar-refractivity contribution in [2.45, 2.75) is 59.8 Å². The van der Waals surface area contributed by atoms with Crippen LogP contribution in [-0.4, -0.2) is 7.85 Å². The van der Waals surface area contributed by atoms with E-state index in [0.717, 1.165) is 11.9 Å². The molecule has 1 aromatic rings. The molecule has 1 aromatic carbocycles. The van der Waals surface area contributed by atoms with Gasteiger partial charge in [0.2, 0.25) is 0 Å². The van der Waals surface area contributed by atoms with Crippen molar-refractivity contribution in [3.8, 4) is 0 Å². The van der Waals surface area contributed by atoms with Crippen LogP contribution in [-0.2, 0) is 0 Å². The number of hydrogen-bond donors (Lipinski definition) is 0. The fourth-order valence-corrected chi connectivity index (χ4v) is 2.45. The van der Waals surface area contributed by atoms with Crippen LogP contribution in [0, 0.1) is 13.8 Å². The van der Waals surface area contributed by atoms with Crippen LogP contribution in [0.15, 0.2) is 6.07 Å². The van der Waals surface area contributed by atoms with Gasteiger partial charge in [0.1, 0.15) is 7.85 Å². The van der Waals surface area contributed by atoms with E-state index in [-0.39, 0.29) is 0 Å². The minimum atomic E-state index is 0.548. The van der Waals surface area contributed by atoms with Crippen LogP contribution in [0.2, 0.25) is 0 Å². The topological polar surface area (TPSA) is 0 Å².